The first kappa shape index (κ1) is 14.9. The summed E-state index contributed by atoms with van der Waals surface area (Å²) in [6, 6.07) is 0. The van der Waals surface area contributed by atoms with Crippen LogP contribution in [-0.2, 0) is 6.54 Å². The number of amides is 1. The lowest BCUT2D eigenvalue weighted by Gasteiger charge is -2.38. The maximum atomic E-state index is 12.2. The minimum absolute atomic E-state index is 0.0393. The summed E-state index contributed by atoms with van der Waals surface area (Å²) in [5.74, 6) is 0.369. The molecule has 4 N–H and O–H groups in total. The van der Waals surface area contributed by atoms with Gasteiger partial charge in [0.25, 0.3) is 5.91 Å². The molecule has 1 fully saturated rings. The number of rotatable bonds is 5. The second-order valence-corrected chi connectivity index (χ2v) is 5.73. The summed E-state index contributed by atoms with van der Waals surface area (Å²) in [6.45, 7) is 3.13. The molecule has 7 nitrogen and oxygen atoms in total. The van der Waals surface area contributed by atoms with Crippen molar-refractivity contribution in [2.75, 3.05) is 13.2 Å². The van der Waals surface area contributed by atoms with Crippen molar-refractivity contribution in [2.24, 2.45) is 11.7 Å². The van der Waals surface area contributed by atoms with Crippen LogP contribution < -0.4 is 11.1 Å². The average molecular weight is 281 g/mol. The number of hydrogen-bond acceptors (Lipinski definition) is 5. The molecule has 1 amide bonds. The van der Waals surface area contributed by atoms with Crippen LogP contribution in [0.1, 0.15) is 43.1 Å². The molecule has 2 rings (SSSR count). The first-order valence-corrected chi connectivity index (χ1v) is 7.12. The van der Waals surface area contributed by atoms with Crippen LogP contribution in [0, 0.1) is 5.92 Å². The van der Waals surface area contributed by atoms with Gasteiger partial charge in [-0.3, -0.25) is 9.48 Å². The number of aliphatic hydroxyl groups is 1. The predicted molar refractivity (Wildman–Crippen MR) is 74.0 cm³/mol. The van der Waals surface area contributed by atoms with Crippen molar-refractivity contribution in [1.29, 1.82) is 0 Å². The van der Waals surface area contributed by atoms with Crippen molar-refractivity contribution >= 4 is 5.91 Å². The van der Waals surface area contributed by atoms with Crippen LogP contribution in [0.2, 0.25) is 0 Å². The van der Waals surface area contributed by atoms with E-state index in [1.165, 1.54) is 0 Å². The highest BCUT2D eigenvalue weighted by Gasteiger charge is 2.35. The van der Waals surface area contributed by atoms with E-state index in [-0.39, 0.29) is 18.2 Å². The Balaban J connectivity index is 2.01. The molecule has 0 bridgehead atoms. The summed E-state index contributed by atoms with van der Waals surface area (Å²) in [4.78, 5) is 12.2. The van der Waals surface area contributed by atoms with Crippen molar-refractivity contribution in [3.05, 3.63) is 11.9 Å². The van der Waals surface area contributed by atoms with Gasteiger partial charge in [-0.1, -0.05) is 12.1 Å². The van der Waals surface area contributed by atoms with Gasteiger partial charge in [0.1, 0.15) is 0 Å². The van der Waals surface area contributed by atoms with Gasteiger partial charge in [0.05, 0.1) is 24.9 Å². The number of carbonyl (C=O) groups is 1. The van der Waals surface area contributed by atoms with Crippen molar-refractivity contribution in [2.45, 2.75) is 44.7 Å². The summed E-state index contributed by atoms with van der Waals surface area (Å²) >= 11 is 0. The zero-order chi connectivity index (χ0) is 14.6. The van der Waals surface area contributed by atoms with Crippen molar-refractivity contribution in [3.8, 4) is 0 Å². The average Bonchev–Trinajstić information content (AvgIpc) is 2.91. The zero-order valence-electron chi connectivity index (χ0n) is 11.9. The molecule has 20 heavy (non-hydrogen) atoms. The lowest BCUT2D eigenvalue weighted by Crippen LogP contribution is -2.53. The lowest BCUT2D eigenvalue weighted by molar-refractivity contribution is 0.0712. The van der Waals surface area contributed by atoms with E-state index in [4.69, 9.17) is 5.73 Å². The van der Waals surface area contributed by atoms with Crippen LogP contribution in [0.3, 0.4) is 0 Å². The van der Waals surface area contributed by atoms with E-state index < -0.39 is 5.54 Å². The van der Waals surface area contributed by atoms with Crippen LogP contribution in [-0.4, -0.2) is 44.7 Å². The van der Waals surface area contributed by atoms with Crippen molar-refractivity contribution in [3.63, 3.8) is 0 Å². The molecule has 1 saturated carbocycles. The molecular weight excluding hydrogens is 258 g/mol. The Morgan fingerprint density at radius 1 is 1.60 bits per heavy atom. The van der Waals surface area contributed by atoms with E-state index in [9.17, 15) is 9.90 Å². The quantitative estimate of drug-likeness (QED) is 0.699. The Hall–Kier alpha value is -1.47. The fraction of sp³-hybridized carbons (Fsp3) is 0.769. The molecular formula is C13H23N5O2. The molecule has 112 valence electrons. The molecule has 1 heterocycles. The maximum Gasteiger partial charge on any atom is 0.273 e. The summed E-state index contributed by atoms with van der Waals surface area (Å²) < 4.78 is 1.55. The molecule has 1 aromatic heterocycles. The molecule has 1 aromatic rings. The van der Waals surface area contributed by atoms with Crippen LogP contribution in [0.5, 0.6) is 0 Å². The highest BCUT2D eigenvalue weighted by molar-refractivity contribution is 5.92. The molecule has 0 spiro atoms. The van der Waals surface area contributed by atoms with Gasteiger partial charge in [-0.05, 0) is 31.6 Å². The molecule has 0 unspecified atom stereocenters. The Kier molecular flexibility index (Phi) is 4.72. The Morgan fingerprint density at radius 2 is 2.30 bits per heavy atom. The third-order valence-electron chi connectivity index (χ3n) is 4.04. The van der Waals surface area contributed by atoms with Gasteiger partial charge < -0.3 is 16.2 Å². The fourth-order valence-corrected chi connectivity index (χ4v) is 2.59. The number of nitrogens with zero attached hydrogens (tertiary/aromatic N) is 3. The fourth-order valence-electron chi connectivity index (χ4n) is 2.59. The first-order valence-electron chi connectivity index (χ1n) is 7.12. The number of hydrogen-bond donors (Lipinski definition) is 3. The SMILES string of the molecule is CC1CCC(CO)(NC(=O)c2cn(CCN)nn2)CC1. The summed E-state index contributed by atoms with van der Waals surface area (Å²) in [6.07, 6.45) is 5.21. The molecule has 1 aliphatic rings. The van der Waals surface area contributed by atoms with Gasteiger partial charge in [-0.15, -0.1) is 5.10 Å². The van der Waals surface area contributed by atoms with E-state index in [1.54, 1.807) is 10.9 Å². The number of nitrogens with one attached hydrogen (secondary N) is 1. The maximum absolute atomic E-state index is 12.2. The topological polar surface area (TPSA) is 106 Å². The molecule has 0 aliphatic heterocycles. The van der Waals surface area contributed by atoms with Gasteiger partial charge in [0.15, 0.2) is 5.69 Å². The number of carbonyl (C=O) groups excluding carboxylic acids is 1. The highest BCUT2D eigenvalue weighted by atomic mass is 16.3. The van der Waals surface area contributed by atoms with Crippen LogP contribution in [0.4, 0.5) is 0 Å². The van der Waals surface area contributed by atoms with E-state index in [0.29, 0.717) is 19.0 Å². The first-order chi connectivity index (χ1) is 9.58. The highest BCUT2D eigenvalue weighted by Crippen LogP contribution is 2.31. The third kappa shape index (κ3) is 3.34. The standard InChI is InChI=1S/C13H23N5O2/c1-10-2-4-13(9-19,5-3-10)15-12(20)11-8-18(7-6-14)17-16-11/h8,10,19H,2-7,9,14H2,1H3,(H,15,20). The Morgan fingerprint density at radius 3 is 2.90 bits per heavy atom. The Labute approximate surface area is 118 Å². The van der Waals surface area contributed by atoms with Gasteiger partial charge in [-0.25, -0.2) is 0 Å². The zero-order valence-corrected chi connectivity index (χ0v) is 11.9. The van der Waals surface area contributed by atoms with E-state index in [0.717, 1.165) is 25.7 Å². The van der Waals surface area contributed by atoms with Gasteiger partial charge in [0, 0.05) is 6.54 Å². The third-order valence-corrected chi connectivity index (χ3v) is 4.04. The van der Waals surface area contributed by atoms with Crippen LogP contribution >= 0.6 is 0 Å². The largest absolute Gasteiger partial charge is 0.394 e. The van der Waals surface area contributed by atoms with Gasteiger partial charge >= 0.3 is 0 Å². The lowest BCUT2D eigenvalue weighted by atomic mass is 9.77. The molecule has 0 atom stereocenters. The number of aromatic nitrogens is 3. The smallest absolute Gasteiger partial charge is 0.273 e. The van der Waals surface area contributed by atoms with Crippen LogP contribution in [0.25, 0.3) is 0 Å². The minimum Gasteiger partial charge on any atom is -0.394 e. The van der Waals surface area contributed by atoms with Crippen LogP contribution in [0.15, 0.2) is 6.20 Å². The normalized spacial score (nSPS) is 26.4. The summed E-state index contributed by atoms with van der Waals surface area (Å²) in [5.41, 5.74) is 5.18. The predicted octanol–water partition coefficient (Wildman–Crippen LogP) is -0.0922. The second-order valence-electron chi connectivity index (χ2n) is 5.73. The molecule has 7 heteroatoms. The summed E-state index contributed by atoms with van der Waals surface area (Å²) in [7, 11) is 0. The molecule has 0 aromatic carbocycles. The molecule has 1 aliphatic carbocycles. The summed E-state index contributed by atoms with van der Waals surface area (Å²) in [5, 5.41) is 20.3. The second kappa shape index (κ2) is 6.32. The van der Waals surface area contributed by atoms with Crippen molar-refractivity contribution in [1.82, 2.24) is 20.3 Å². The number of aliphatic hydroxyl groups excluding tert-OH is 1. The van der Waals surface area contributed by atoms with E-state index in [2.05, 4.69) is 22.6 Å². The van der Waals surface area contributed by atoms with Gasteiger partial charge in [-0.2, -0.15) is 0 Å². The van der Waals surface area contributed by atoms with Crippen molar-refractivity contribution < 1.29 is 9.90 Å². The monoisotopic (exact) mass is 281 g/mol. The molecule has 0 saturated heterocycles. The molecule has 0 radical (unpaired) electrons. The Bertz CT molecular complexity index is 451. The van der Waals surface area contributed by atoms with Gasteiger partial charge in [0.2, 0.25) is 0 Å². The minimum atomic E-state index is -0.513. The number of nitrogens with two attached hydrogens (primary N) is 1. The van der Waals surface area contributed by atoms with E-state index in [1.807, 2.05) is 0 Å². The van der Waals surface area contributed by atoms with E-state index >= 15 is 0 Å².